The Morgan fingerprint density at radius 2 is 1.72 bits per heavy atom. The molecule has 0 bridgehead atoms. The minimum Gasteiger partial charge on any atom is -0.465 e. The summed E-state index contributed by atoms with van der Waals surface area (Å²) in [7, 11) is -1.55. The molecule has 2 atom stereocenters. The molecule has 0 amide bonds. The lowest BCUT2D eigenvalue weighted by Gasteiger charge is -2.39. The summed E-state index contributed by atoms with van der Waals surface area (Å²) in [4.78, 5) is 25.3. The minimum absolute atomic E-state index is 0.139. The van der Waals surface area contributed by atoms with Crippen LogP contribution >= 0.6 is 0 Å². The van der Waals surface area contributed by atoms with Gasteiger partial charge in [0.05, 0.1) is 21.3 Å². The zero-order chi connectivity index (χ0) is 18.6. The molecule has 0 radical (unpaired) electrons. The number of fused-ring (bicyclic) bond motifs is 1. The van der Waals surface area contributed by atoms with Gasteiger partial charge in [-0.15, -0.1) is 0 Å². The Morgan fingerprint density at radius 3 is 2.24 bits per heavy atom. The van der Waals surface area contributed by atoms with Gasteiger partial charge in [0.25, 0.3) is 0 Å². The predicted octanol–water partition coefficient (Wildman–Crippen LogP) is 4.28. The lowest BCUT2D eigenvalue weighted by Crippen LogP contribution is -2.41. The van der Waals surface area contributed by atoms with E-state index in [1.807, 2.05) is 0 Å². The van der Waals surface area contributed by atoms with Gasteiger partial charge in [-0.1, -0.05) is 49.0 Å². The van der Waals surface area contributed by atoms with Gasteiger partial charge >= 0.3 is 11.9 Å². The van der Waals surface area contributed by atoms with Crippen LogP contribution in [0.1, 0.15) is 39.5 Å². The molecule has 0 N–H and O–H groups in total. The van der Waals surface area contributed by atoms with Crippen LogP contribution in [0.25, 0.3) is 0 Å². The molecule has 140 valence electrons. The van der Waals surface area contributed by atoms with Crippen molar-refractivity contribution in [2.24, 2.45) is 17.8 Å². The second-order valence-corrected chi connectivity index (χ2v) is 13.1. The Balaban J connectivity index is 2.44. The summed E-state index contributed by atoms with van der Waals surface area (Å²) in [6, 6.07) is 0. The van der Waals surface area contributed by atoms with Gasteiger partial charge in [-0.2, -0.15) is 0 Å². The molecule has 0 aromatic carbocycles. The van der Waals surface area contributed by atoms with Crippen molar-refractivity contribution in [2.75, 3.05) is 13.2 Å². The highest BCUT2D eigenvalue weighted by molar-refractivity contribution is 6.83. The van der Waals surface area contributed by atoms with Gasteiger partial charge in [0.2, 0.25) is 0 Å². The zero-order valence-corrected chi connectivity index (χ0v) is 17.3. The lowest BCUT2D eigenvalue weighted by molar-refractivity contribution is -0.164. The average Bonchev–Trinajstić information content (AvgIpc) is 2.54. The topological polar surface area (TPSA) is 52.6 Å². The summed E-state index contributed by atoms with van der Waals surface area (Å²) >= 11 is 0. The van der Waals surface area contributed by atoms with Crippen LogP contribution in [0.4, 0.5) is 0 Å². The first kappa shape index (κ1) is 20.0. The average molecular weight is 365 g/mol. The summed E-state index contributed by atoms with van der Waals surface area (Å²) in [5.74, 6) is -1.61. The van der Waals surface area contributed by atoms with E-state index in [2.05, 4.69) is 31.8 Å². The first-order chi connectivity index (χ1) is 11.8. The third-order valence-corrected chi connectivity index (χ3v) is 7.26. The number of esters is 2. The van der Waals surface area contributed by atoms with E-state index in [4.69, 9.17) is 9.47 Å². The molecular weight excluding hydrogens is 332 g/mol. The minimum atomic E-state index is -1.55. The van der Waals surface area contributed by atoms with Crippen molar-refractivity contribution in [1.29, 1.82) is 0 Å². The predicted molar refractivity (Wildman–Crippen MR) is 102 cm³/mol. The smallest absolute Gasteiger partial charge is 0.320 e. The van der Waals surface area contributed by atoms with E-state index in [9.17, 15) is 9.59 Å². The number of carbonyl (C=O) groups is 2. The van der Waals surface area contributed by atoms with E-state index < -0.39 is 25.9 Å². The fraction of sp³-hybridized carbons (Fsp3) is 0.700. The first-order valence-corrected chi connectivity index (χ1v) is 13.1. The van der Waals surface area contributed by atoms with Crippen LogP contribution in [0.5, 0.6) is 0 Å². The Morgan fingerprint density at radius 1 is 1.12 bits per heavy atom. The van der Waals surface area contributed by atoms with E-state index in [0.29, 0.717) is 0 Å². The van der Waals surface area contributed by atoms with E-state index in [0.717, 1.165) is 19.3 Å². The van der Waals surface area contributed by atoms with Crippen molar-refractivity contribution in [2.45, 2.75) is 59.2 Å². The Bertz CT molecular complexity index is 553. The van der Waals surface area contributed by atoms with Crippen LogP contribution < -0.4 is 0 Å². The van der Waals surface area contributed by atoms with Gasteiger partial charge < -0.3 is 9.47 Å². The van der Waals surface area contributed by atoms with Crippen molar-refractivity contribution in [3.8, 4) is 0 Å². The molecule has 2 rings (SSSR count). The van der Waals surface area contributed by atoms with Crippen LogP contribution in [0.15, 0.2) is 22.9 Å². The van der Waals surface area contributed by atoms with Crippen molar-refractivity contribution in [1.82, 2.24) is 0 Å². The largest absolute Gasteiger partial charge is 0.465 e. The molecular formula is C20H32O4Si. The standard InChI is InChI=1S/C20H32O4Si/c1-6-23-19(21)18(20(22)24-7-2)17-13-15(25(3,4)5)12-14-10-8-9-11-16(14)17/h12-13,16-18H,6-11H2,1-5H3/t16-,17-/m0/s1. The monoisotopic (exact) mass is 364 g/mol. The number of carbonyl (C=O) groups excluding carboxylic acids is 2. The maximum absolute atomic E-state index is 12.6. The third kappa shape index (κ3) is 4.63. The molecule has 0 spiro atoms. The fourth-order valence-electron chi connectivity index (χ4n) is 3.92. The van der Waals surface area contributed by atoms with Crippen molar-refractivity contribution in [3.05, 3.63) is 22.9 Å². The second kappa shape index (κ2) is 8.34. The number of ether oxygens (including phenoxy) is 2. The van der Waals surface area contributed by atoms with Crippen molar-refractivity contribution in [3.63, 3.8) is 0 Å². The van der Waals surface area contributed by atoms with Gasteiger partial charge in [-0.05, 0) is 39.0 Å². The second-order valence-electron chi connectivity index (χ2n) is 8.00. The number of allylic oxidation sites excluding steroid dienone is 4. The van der Waals surface area contributed by atoms with E-state index in [1.165, 1.54) is 17.2 Å². The normalized spacial score (nSPS) is 23.4. The molecule has 2 aliphatic carbocycles. The fourth-order valence-corrected chi connectivity index (χ4v) is 5.23. The quantitative estimate of drug-likeness (QED) is 0.401. The molecule has 25 heavy (non-hydrogen) atoms. The maximum Gasteiger partial charge on any atom is 0.320 e. The highest BCUT2D eigenvalue weighted by Gasteiger charge is 2.44. The van der Waals surface area contributed by atoms with Gasteiger partial charge in [0, 0.05) is 5.92 Å². The van der Waals surface area contributed by atoms with Crippen LogP contribution in [0.3, 0.4) is 0 Å². The van der Waals surface area contributed by atoms with Gasteiger partial charge in [0.1, 0.15) is 0 Å². The molecule has 0 aliphatic heterocycles. The van der Waals surface area contributed by atoms with Gasteiger partial charge in [-0.25, -0.2) is 0 Å². The van der Waals surface area contributed by atoms with Gasteiger partial charge in [0.15, 0.2) is 5.92 Å². The molecule has 0 aromatic rings. The van der Waals surface area contributed by atoms with E-state index in [1.54, 1.807) is 13.8 Å². The Kier molecular flexibility index (Phi) is 6.66. The van der Waals surface area contributed by atoms with Crippen molar-refractivity contribution < 1.29 is 19.1 Å². The SMILES string of the molecule is CCOC(=O)C(C(=O)OCC)[C@H]1C=C([Si](C)(C)C)C=C2CCCC[C@@H]21. The summed E-state index contributed by atoms with van der Waals surface area (Å²) in [5.41, 5.74) is 1.41. The summed E-state index contributed by atoms with van der Waals surface area (Å²) in [6.45, 7) is 11.0. The molecule has 0 unspecified atom stereocenters. The molecule has 1 saturated carbocycles. The maximum atomic E-state index is 12.6. The number of hydrogen-bond donors (Lipinski definition) is 0. The van der Waals surface area contributed by atoms with Gasteiger partial charge in [-0.3, -0.25) is 9.59 Å². The third-order valence-electron chi connectivity index (χ3n) is 5.22. The lowest BCUT2D eigenvalue weighted by atomic mass is 9.69. The van der Waals surface area contributed by atoms with Crippen LogP contribution in [0.2, 0.25) is 19.6 Å². The van der Waals surface area contributed by atoms with E-state index in [-0.39, 0.29) is 25.0 Å². The number of rotatable bonds is 6. The molecule has 1 fully saturated rings. The molecule has 0 heterocycles. The molecule has 2 aliphatic rings. The first-order valence-electron chi connectivity index (χ1n) is 9.55. The summed E-state index contributed by atoms with van der Waals surface area (Å²) in [5, 5.41) is 1.34. The molecule has 5 heteroatoms. The highest BCUT2D eigenvalue weighted by atomic mass is 28.3. The molecule has 0 saturated heterocycles. The zero-order valence-electron chi connectivity index (χ0n) is 16.3. The van der Waals surface area contributed by atoms with Crippen LogP contribution in [-0.2, 0) is 19.1 Å². The Hall–Kier alpha value is -1.36. The summed E-state index contributed by atoms with van der Waals surface area (Å²) < 4.78 is 10.5. The van der Waals surface area contributed by atoms with Crippen LogP contribution in [-0.4, -0.2) is 33.2 Å². The molecule has 0 aromatic heterocycles. The van der Waals surface area contributed by atoms with E-state index >= 15 is 0 Å². The van der Waals surface area contributed by atoms with Crippen LogP contribution in [0, 0.1) is 17.8 Å². The highest BCUT2D eigenvalue weighted by Crippen LogP contribution is 2.44. The molecule has 4 nitrogen and oxygen atoms in total. The van der Waals surface area contributed by atoms with Crippen molar-refractivity contribution >= 4 is 20.0 Å². The number of hydrogen-bond acceptors (Lipinski definition) is 4. The summed E-state index contributed by atoms with van der Waals surface area (Å²) in [6.07, 6.45) is 9.00. The Labute approximate surface area is 152 Å².